The molecule has 7 heteroatoms. The SMILES string of the molecule is O=C(COc1ccc2c3c(c(=O)oc2c1)CCC3)Nc1ccccc1N1CCOCC1. The molecular weight excluding hydrogens is 396 g/mol. The van der Waals surface area contributed by atoms with Crippen molar-refractivity contribution in [2.75, 3.05) is 43.1 Å². The maximum Gasteiger partial charge on any atom is 0.339 e. The number of hydrogen-bond donors (Lipinski definition) is 1. The summed E-state index contributed by atoms with van der Waals surface area (Å²) >= 11 is 0. The minimum atomic E-state index is -0.269. The quantitative estimate of drug-likeness (QED) is 0.639. The van der Waals surface area contributed by atoms with Crippen molar-refractivity contribution < 1.29 is 18.7 Å². The van der Waals surface area contributed by atoms with Gasteiger partial charge in [0.15, 0.2) is 6.61 Å². The molecule has 160 valence electrons. The molecule has 1 aliphatic carbocycles. The Morgan fingerprint density at radius 1 is 1.06 bits per heavy atom. The van der Waals surface area contributed by atoms with Gasteiger partial charge in [0.2, 0.25) is 0 Å². The zero-order valence-electron chi connectivity index (χ0n) is 17.2. The molecule has 2 heterocycles. The lowest BCUT2D eigenvalue weighted by atomic mass is 10.1. The van der Waals surface area contributed by atoms with Crippen LogP contribution in [0.2, 0.25) is 0 Å². The van der Waals surface area contributed by atoms with Gasteiger partial charge in [0.25, 0.3) is 5.91 Å². The average molecular weight is 420 g/mol. The Morgan fingerprint density at radius 3 is 2.74 bits per heavy atom. The standard InChI is InChI=1S/C24H24N2O5/c27-23(25-20-6-1-2-7-21(20)26-10-12-29-13-11-26)15-30-16-8-9-18-17-4-3-5-19(17)24(28)31-22(18)14-16/h1-2,6-9,14H,3-5,10-13,15H2,(H,25,27). The first-order valence-electron chi connectivity index (χ1n) is 10.6. The normalized spacial score (nSPS) is 15.7. The van der Waals surface area contributed by atoms with Gasteiger partial charge in [-0.25, -0.2) is 4.79 Å². The summed E-state index contributed by atoms with van der Waals surface area (Å²) in [6, 6.07) is 13.1. The molecule has 0 spiro atoms. The van der Waals surface area contributed by atoms with Gasteiger partial charge < -0.3 is 24.1 Å². The number of aryl methyl sites for hydroxylation is 1. The van der Waals surface area contributed by atoms with Crippen molar-refractivity contribution in [3.63, 3.8) is 0 Å². The number of amides is 1. The summed E-state index contributed by atoms with van der Waals surface area (Å²) in [4.78, 5) is 26.9. The topological polar surface area (TPSA) is 81.0 Å². The maximum atomic E-state index is 12.5. The number of carbonyl (C=O) groups is 1. The molecule has 1 aliphatic heterocycles. The molecule has 3 aromatic rings. The number of carbonyl (C=O) groups excluding carboxylic acids is 1. The predicted octanol–water partition coefficient (Wildman–Crippen LogP) is 3.14. The van der Waals surface area contributed by atoms with Gasteiger partial charge in [0, 0.05) is 30.1 Å². The Bertz CT molecular complexity index is 1180. The van der Waals surface area contributed by atoms with Gasteiger partial charge in [-0.1, -0.05) is 12.1 Å². The zero-order chi connectivity index (χ0) is 21.2. The molecule has 5 rings (SSSR count). The van der Waals surface area contributed by atoms with Crippen LogP contribution in [0.5, 0.6) is 5.75 Å². The summed E-state index contributed by atoms with van der Waals surface area (Å²) in [6.07, 6.45) is 2.64. The van der Waals surface area contributed by atoms with E-state index in [1.54, 1.807) is 6.07 Å². The number of benzene rings is 2. The number of ether oxygens (including phenoxy) is 2. The van der Waals surface area contributed by atoms with Crippen molar-refractivity contribution in [3.05, 3.63) is 64.0 Å². The Labute approximate surface area is 179 Å². The van der Waals surface area contributed by atoms with Gasteiger partial charge in [0.05, 0.1) is 24.6 Å². The highest BCUT2D eigenvalue weighted by Gasteiger charge is 2.20. The summed E-state index contributed by atoms with van der Waals surface area (Å²) in [5.74, 6) is 0.237. The van der Waals surface area contributed by atoms with Crippen LogP contribution in [0.25, 0.3) is 11.0 Å². The zero-order valence-corrected chi connectivity index (χ0v) is 17.2. The Hall–Kier alpha value is -3.32. The molecule has 1 N–H and O–H groups in total. The van der Waals surface area contributed by atoms with E-state index in [2.05, 4.69) is 10.2 Å². The molecule has 1 amide bonds. The first-order valence-corrected chi connectivity index (χ1v) is 10.6. The fourth-order valence-corrected chi connectivity index (χ4v) is 4.35. The third kappa shape index (κ3) is 4.01. The highest BCUT2D eigenvalue weighted by Crippen LogP contribution is 2.30. The molecule has 1 fully saturated rings. The van der Waals surface area contributed by atoms with Crippen LogP contribution in [0.15, 0.2) is 51.7 Å². The number of morpholine rings is 1. The Kier molecular flexibility index (Phi) is 5.34. The van der Waals surface area contributed by atoms with Crippen molar-refractivity contribution in [3.8, 4) is 5.75 Å². The number of nitrogens with zero attached hydrogens (tertiary/aromatic N) is 1. The molecule has 7 nitrogen and oxygen atoms in total. The highest BCUT2D eigenvalue weighted by molar-refractivity contribution is 5.95. The van der Waals surface area contributed by atoms with E-state index < -0.39 is 0 Å². The van der Waals surface area contributed by atoms with Crippen molar-refractivity contribution >= 4 is 28.3 Å². The van der Waals surface area contributed by atoms with E-state index in [1.807, 2.05) is 36.4 Å². The number of para-hydroxylation sites is 2. The molecule has 31 heavy (non-hydrogen) atoms. The van der Waals surface area contributed by atoms with Crippen LogP contribution in [-0.2, 0) is 22.4 Å². The lowest BCUT2D eigenvalue weighted by molar-refractivity contribution is -0.118. The van der Waals surface area contributed by atoms with Gasteiger partial charge >= 0.3 is 5.63 Å². The Morgan fingerprint density at radius 2 is 1.87 bits per heavy atom. The Balaban J connectivity index is 1.28. The average Bonchev–Trinajstić information content (AvgIpc) is 3.30. The fourth-order valence-electron chi connectivity index (χ4n) is 4.35. The van der Waals surface area contributed by atoms with Crippen molar-refractivity contribution in [1.29, 1.82) is 0 Å². The molecule has 2 aliphatic rings. The van der Waals surface area contributed by atoms with E-state index in [4.69, 9.17) is 13.9 Å². The molecule has 0 saturated carbocycles. The van der Waals surface area contributed by atoms with Gasteiger partial charge in [0.1, 0.15) is 11.3 Å². The molecule has 1 saturated heterocycles. The summed E-state index contributed by atoms with van der Waals surface area (Å²) < 4.78 is 16.6. The van der Waals surface area contributed by atoms with Gasteiger partial charge in [-0.2, -0.15) is 0 Å². The molecule has 0 unspecified atom stereocenters. The smallest absolute Gasteiger partial charge is 0.339 e. The lowest BCUT2D eigenvalue weighted by Gasteiger charge is -2.30. The highest BCUT2D eigenvalue weighted by atomic mass is 16.5. The van der Waals surface area contributed by atoms with Crippen LogP contribution in [-0.4, -0.2) is 38.8 Å². The number of rotatable bonds is 5. The van der Waals surface area contributed by atoms with Crippen molar-refractivity contribution in [2.24, 2.45) is 0 Å². The van der Waals surface area contributed by atoms with E-state index >= 15 is 0 Å². The predicted molar refractivity (Wildman–Crippen MR) is 118 cm³/mol. The molecular formula is C24H24N2O5. The van der Waals surface area contributed by atoms with Gasteiger partial charge in [-0.15, -0.1) is 0 Å². The number of nitrogens with one attached hydrogen (secondary N) is 1. The first-order chi connectivity index (χ1) is 15.2. The molecule has 0 radical (unpaired) electrons. The van der Waals surface area contributed by atoms with Crippen LogP contribution in [0, 0.1) is 0 Å². The van der Waals surface area contributed by atoms with Crippen LogP contribution in [0.3, 0.4) is 0 Å². The van der Waals surface area contributed by atoms with E-state index in [9.17, 15) is 9.59 Å². The number of fused-ring (bicyclic) bond motifs is 3. The number of hydrogen-bond acceptors (Lipinski definition) is 6. The number of anilines is 2. The van der Waals surface area contributed by atoms with E-state index in [0.29, 0.717) is 24.5 Å². The summed E-state index contributed by atoms with van der Waals surface area (Å²) in [5.41, 5.74) is 3.82. The van der Waals surface area contributed by atoms with Crippen LogP contribution >= 0.6 is 0 Å². The van der Waals surface area contributed by atoms with Crippen molar-refractivity contribution in [1.82, 2.24) is 0 Å². The van der Waals surface area contributed by atoms with Gasteiger partial charge in [-0.3, -0.25) is 4.79 Å². The minimum absolute atomic E-state index is 0.141. The molecule has 1 aromatic heterocycles. The second kappa shape index (κ2) is 8.43. The largest absolute Gasteiger partial charge is 0.484 e. The maximum absolute atomic E-state index is 12.5. The van der Waals surface area contributed by atoms with E-state index in [1.165, 1.54) is 0 Å². The summed E-state index contributed by atoms with van der Waals surface area (Å²) in [7, 11) is 0. The monoisotopic (exact) mass is 420 g/mol. The summed E-state index contributed by atoms with van der Waals surface area (Å²) in [6.45, 7) is 2.78. The lowest BCUT2D eigenvalue weighted by Crippen LogP contribution is -2.36. The first kappa shape index (κ1) is 19.6. The van der Waals surface area contributed by atoms with Crippen LogP contribution in [0.4, 0.5) is 11.4 Å². The minimum Gasteiger partial charge on any atom is -0.484 e. The summed E-state index contributed by atoms with van der Waals surface area (Å²) in [5, 5.41) is 3.89. The third-order valence-electron chi connectivity index (χ3n) is 5.84. The van der Waals surface area contributed by atoms with E-state index in [0.717, 1.165) is 60.2 Å². The van der Waals surface area contributed by atoms with Crippen LogP contribution < -0.4 is 20.6 Å². The molecule has 0 atom stereocenters. The van der Waals surface area contributed by atoms with E-state index in [-0.39, 0.29) is 18.1 Å². The van der Waals surface area contributed by atoms with Crippen molar-refractivity contribution in [2.45, 2.75) is 19.3 Å². The fraction of sp³-hybridized carbons (Fsp3) is 0.333. The molecule has 2 aromatic carbocycles. The second-order valence-electron chi connectivity index (χ2n) is 7.81. The third-order valence-corrected chi connectivity index (χ3v) is 5.84. The molecule has 0 bridgehead atoms. The van der Waals surface area contributed by atoms with Crippen LogP contribution in [0.1, 0.15) is 17.5 Å². The van der Waals surface area contributed by atoms with Gasteiger partial charge in [-0.05, 0) is 49.1 Å². The second-order valence-corrected chi connectivity index (χ2v) is 7.81.